The lowest BCUT2D eigenvalue weighted by Gasteiger charge is -2.34. The molecule has 29 heavy (non-hydrogen) atoms. The number of nitrogens with one attached hydrogen (secondary N) is 2. The molecule has 1 saturated heterocycles. The number of aliphatic imine (C=N–C) groups is 1. The van der Waals surface area contributed by atoms with Gasteiger partial charge in [0, 0.05) is 39.5 Å². The highest BCUT2D eigenvalue weighted by Crippen LogP contribution is 2.39. The lowest BCUT2D eigenvalue weighted by atomic mass is 9.86. The summed E-state index contributed by atoms with van der Waals surface area (Å²) in [5.74, 6) is 1.11. The van der Waals surface area contributed by atoms with Crippen LogP contribution >= 0.6 is 24.0 Å². The number of ether oxygens (including phenoxy) is 2. The topological polar surface area (TPSA) is 75.2 Å². The van der Waals surface area contributed by atoms with Crippen LogP contribution in [0.4, 0.5) is 0 Å². The maximum absolute atomic E-state index is 11.9. The van der Waals surface area contributed by atoms with Crippen LogP contribution in [-0.2, 0) is 14.3 Å². The minimum Gasteiger partial charge on any atom is -0.354 e. The van der Waals surface area contributed by atoms with Gasteiger partial charge in [-0.1, -0.05) is 26.2 Å². The summed E-state index contributed by atoms with van der Waals surface area (Å²) in [6.07, 6.45) is 10.5. The molecule has 0 radical (unpaired) electrons. The van der Waals surface area contributed by atoms with Gasteiger partial charge >= 0.3 is 0 Å². The second kappa shape index (κ2) is 11.7. The van der Waals surface area contributed by atoms with Crippen molar-refractivity contribution in [1.82, 2.24) is 15.5 Å². The Morgan fingerprint density at radius 2 is 1.83 bits per heavy atom. The minimum atomic E-state index is -0.367. The summed E-state index contributed by atoms with van der Waals surface area (Å²) >= 11 is 0. The van der Waals surface area contributed by atoms with Crippen LogP contribution in [0.1, 0.15) is 64.7 Å². The summed E-state index contributed by atoms with van der Waals surface area (Å²) in [4.78, 5) is 18.0. The van der Waals surface area contributed by atoms with Crippen molar-refractivity contribution in [1.29, 1.82) is 0 Å². The van der Waals surface area contributed by atoms with Crippen LogP contribution in [0.15, 0.2) is 4.99 Å². The van der Waals surface area contributed by atoms with Gasteiger partial charge in [-0.25, -0.2) is 4.99 Å². The van der Waals surface area contributed by atoms with Gasteiger partial charge in [-0.2, -0.15) is 0 Å². The number of rotatable bonds is 5. The highest BCUT2D eigenvalue weighted by atomic mass is 127. The quantitative estimate of drug-likeness (QED) is 0.330. The monoisotopic (exact) mass is 522 g/mol. The average Bonchev–Trinajstić information content (AvgIpc) is 3.10. The molecule has 7 nitrogen and oxygen atoms in total. The van der Waals surface area contributed by atoms with Gasteiger partial charge in [-0.3, -0.25) is 4.79 Å². The van der Waals surface area contributed by atoms with Crippen LogP contribution in [0.25, 0.3) is 0 Å². The molecule has 1 heterocycles. The molecule has 1 atom stereocenters. The average molecular weight is 522 g/mol. The molecule has 0 aromatic heterocycles. The van der Waals surface area contributed by atoms with Crippen molar-refractivity contribution in [3.8, 4) is 0 Å². The zero-order valence-electron chi connectivity index (χ0n) is 18.2. The molecule has 1 aliphatic heterocycles. The van der Waals surface area contributed by atoms with E-state index in [1.54, 1.807) is 19.0 Å². The molecule has 0 aromatic rings. The molecule has 2 aliphatic carbocycles. The highest BCUT2D eigenvalue weighted by Gasteiger charge is 2.43. The van der Waals surface area contributed by atoms with Gasteiger partial charge in [0.1, 0.15) is 12.6 Å². The van der Waals surface area contributed by atoms with Crippen LogP contribution < -0.4 is 10.6 Å². The smallest absolute Gasteiger partial charge is 0.243 e. The number of carbonyl (C=O) groups is 1. The van der Waals surface area contributed by atoms with E-state index in [4.69, 9.17) is 9.47 Å². The normalized spacial score (nSPS) is 30.7. The van der Waals surface area contributed by atoms with E-state index < -0.39 is 0 Å². The van der Waals surface area contributed by atoms with Gasteiger partial charge in [-0.15, -0.1) is 24.0 Å². The second-order valence-corrected chi connectivity index (χ2v) is 8.96. The third-order valence-electron chi connectivity index (χ3n) is 6.26. The van der Waals surface area contributed by atoms with Crippen molar-refractivity contribution in [3.05, 3.63) is 0 Å². The van der Waals surface area contributed by atoms with E-state index in [0.29, 0.717) is 25.2 Å². The molecule has 3 fully saturated rings. The number of amides is 1. The molecule has 1 amide bonds. The minimum absolute atomic E-state index is 0. The predicted molar refractivity (Wildman–Crippen MR) is 126 cm³/mol. The standard InChI is InChI=1S/C21H38N4O3.HI/c1-16-9-11-21(12-10-16)27-15-18(28-21)13-22-20(23-14-19(26)25(2)3)24-17-7-5-4-6-8-17;/h16-18H,4-15H2,1-3H3,(H2,22,23,24);1H. The van der Waals surface area contributed by atoms with Crippen LogP contribution in [0.3, 0.4) is 0 Å². The molecule has 3 rings (SSSR count). The van der Waals surface area contributed by atoms with Crippen molar-refractivity contribution in [2.45, 2.75) is 82.6 Å². The Morgan fingerprint density at radius 3 is 2.48 bits per heavy atom. The number of nitrogens with zero attached hydrogens (tertiary/aromatic N) is 2. The van der Waals surface area contributed by atoms with Gasteiger partial charge in [-0.05, 0) is 31.6 Å². The van der Waals surface area contributed by atoms with Crippen LogP contribution in [0.5, 0.6) is 0 Å². The second-order valence-electron chi connectivity index (χ2n) is 8.96. The molecule has 0 bridgehead atoms. The fourth-order valence-electron chi connectivity index (χ4n) is 4.27. The Balaban J connectivity index is 0.00000300. The van der Waals surface area contributed by atoms with Crippen molar-refractivity contribution in [2.75, 3.05) is 33.8 Å². The van der Waals surface area contributed by atoms with Gasteiger partial charge in [0.15, 0.2) is 11.7 Å². The zero-order chi connectivity index (χ0) is 20.0. The Kier molecular flexibility index (Phi) is 9.94. The molecule has 1 spiro atoms. The molecular weight excluding hydrogens is 483 g/mol. The Hall–Kier alpha value is -0.610. The van der Waals surface area contributed by atoms with E-state index in [1.807, 2.05) is 0 Å². The van der Waals surface area contributed by atoms with Crippen LogP contribution in [0.2, 0.25) is 0 Å². The van der Waals surface area contributed by atoms with E-state index in [-0.39, 0.29) is 48.3 Å². The fraction of sp³-hybridized carbons (Fsp3) is 0.905. The fourth-order valence-corrected chi connectivity index (χ4v) is 4.27. The third-order valence-corrected chi connectivity index (χ3v) is 6.26. The molecule has 1 unspecified atom stereocenters. The van der Waals surface area contributed by atoms with E-state index in [0.717, 1.165) is 31.6 Å². The van der Waals surface area contributed by atoms with Gasteiger partial charge in [0.05, 0.1) is 6.61 Å². The molecule has 0 aromatic carbocycles. The van der Waals surface area contributed by atoms with Gasteiger partial charge in [0.25, 0.3) is 0 Å². The van der Waals surface area contributed by atoms with Gasteiger partial charge < -0.3 is 25.0 Å². The molecule has 2 saturated carbocycles. The number of hydrogen-bond donors (Lipinski definition) is 2. The van der Waals surface area contributed by atoms with E-state index >= 15 is 0 Å². The highest BCUT2D eigenvalue weighted by molar-refractivity contribution is 14.0. The number of halogens is 1. The summed E-state index contributed by atoms with van der Waals surface area (Å²) in [6.45, 7) is 3.72. The molecule has 168 valence electrons. The van der Waals surface area contributed by atoms with Crippen LogP contribution in [0, 0.1) is 5.92 Å². The largest absolute Gasteiger partial charge is 0.354 e. The Bertz CT molecular complexity index is 544. The first-order valence-electron chi connectivity index (χ1n) is 11.0. The number of guanidine groups is 1. The first kappa shape index (κ1) is 24.7. The van der Waals surface area contributed by atoms with Crippen molar-refractivity contribution < 1.29 is 14.3 Å². The van der Waals surface area contributed by atoms with Crippen molar-refractivity contribution >= 4 is 35.8 Å². The van der Waals surface area contributed by atoms with Crippen molar-refractivity contribution in [2.24, 2.45) is 10.9 Å². The van der Waals surface area contributed by atoms with Crippen molar-refractivity contribution in [3.63, 3.8) is 0 Å². The Labute approximate surface area is 192 Å². The lowest BCUT2D eigenvalue weighted by molar-refractivity contribution is -0.191. The van der Waals surface area contributed by atoms with E-state index in [1.165, 1.54) is 32.1 Å². The first-order valence-corrected chi connectivity index (χ1v) is 11.0. The molecule has 2 N–H and O–H groups in total. The first-order chi connectivity index (χ1) is 13.5. The van der Waals surface area contributed by atoms with E-state index in [9.17, 15) is 4.79 Å². The summed E-state index contributed by atoms with van der Waals surface area (Å²) in [5.41, 5.74) is 0. The number of likely N-dealkylation sites (N-methyl/N-ethyl adjacent to an activating group) is 1. The summed E-state index contributed by atoms with van der Waals surface area (Å²) < 4.78 is 12.4. The number of carbonyl (C=O) groups excluding carboxylic acids is 1. The third kappa shape index (κ3) is 7.54. The SMILES string of the molecule is CC1CCC2(CC1)OCC(CNC(=NCC(=O)N(C)C)NC1CCCCC1)O2.I. The molecular formula is C21H39IN4O3. The molecule has 8 heteroatoms. The maximum Gasteiger partial charge on any atom is 0.243 e. The summed E-state index contributed by atoms with van der Waals surface area (Å²) in [6, 6.07) is 0.432. The lowest BCUT2D eigenvalue weighted by Crippen LogP contribution is -2.47. The van der Waals surface area contributed by atoms with E-state index in [2.05, 4.69) is 22.5 Å². The van der Waals surface area contributed by atoms with Crippen LogP contribution in [-0.4, -0.2) is 68.5 Å². The predicted octanol–water partition coefficient (Wildman–Crippen LogP) is 2.88. The summed E-state index contributed by atoms with van der Waals surface area (Å²) in [7, 11) is 3.52. The van der Waals surface area contributed by atoms with Gasteiger partial charge in [0.2, 0.25) is 5.91 Å². The zero-order valence-corrected chi connectivity index (χ0v) is 20.6. The maximum atomic E-state index is 11.9. The molecule has 3 aliphatic rings. The number of hydrogen-bond acceptors (Lipinski definition) is 4. The summed E-state index contributed by atoms with van der Waals surface area (Å²) in [5, 5.41) is 6.92. The Morgan fingerprint density at radius 1 is 1.14 bits per heavy atom.